The fraction of sp³-hybridized carbons (Fsp3) is 0.769. The molecule has 0 saturated carbocycles. The van der Waals surface area contributed by atoms with E-state index in [1.165, 1.54) is 11.5 Å². The molecule has 1 fully saturated rings. The largest absolute Gasteiger partial charge is 0.396 e. The zero-order valence-corrected chi connectivity index (χ0v) is 10.1. The van der Waals surface area contributed by atoms with Crippen LogP contribution in [0, 0.1) is 5.92 Å². The molecule has 17 heavy (non-hydrogen) atoms. The molecule has 0 amide bonds. The summed E-state index contributed by atoms with van der Waals surface area (Å²) in [6.07, 6.45) is 6.39. The van der Waals surface area contributed by atoms with Gasteiger partial charge in [-0.25, -0.2) is 4.98 Å². The smallest absolute Gasteiger partial charge is 0.109 e. The molecule has 0 aromatic carbocycles. The number of hydrogen-bond acceptors (Lipinski definition) is 3. The number of rotatable bonds is 3. The standard InChI is InChI=1S/C13H20N2O2/c16-8-11-2-1-4-15-12(11)7-14-13(15)6-10-3-5-17-9-10/h7,10-11,16H,1-6,8-9H2. The first-order valence-electron chi connectivity index (χ1n) is 6.61. The third-order valence-electron chi connectivity index (χ3n) is 4.04. The van der Waals surface area contributed by atoms with Gasteiger partial charge in [-0.05, 0) is 25.2 Å². The predicted octanol–water partition coefficient (Wildman–Crippen LogP) is 1.33. The minimum Gasteiger partial charge on any atom is -0.396 e. The monoisotopic (exact) mass is 236 g/mol. The van der Waals surface area contributed by atoms with Crippen LogP contribution < -0.4 is 0 Å². The number of aliphatic hydroxyl groups is 1. The van der Waals surface area contributed by atoms with E-state index in [1.54, 1.807) is 0 Å². The first-order chi connectivity index (χ1) is 8.38. The van der Waals surface area contributed by atoms with Crippen LogP contribution in [0.3, 0.4) is 0 Å². The van der Waals surface area contributed by atoms with Crippen molar-refractivity contribution < 1.29 is 9.84 Å². The number of hydrogen-bond donors (Lipinski definition) is 1. The van der Waals surface area contributed by atoms with E-state index in [2.05, 4.69) is 9.55 Å². The first-order valence-corrected chi connectivity index (χ1v) is 6.61. The fourth-order valence-electron chi connectivity index (χ4n) is 3.01. The van der Waals surface area contributed by atoms with Crippen LogP contribution in [0.4, 0.5) is 0 Å². The van der Waals surface area contributed by atoms with Crippen LogP contribution in [0.15, 0.2) is 6.20 Å². The minimum absolute atomic E-state index is 0.248. The van der Waals surface area contributed by atoms with Crippen molar-refractivity contribution in [3.8, 4) is 0 Å². The van der Waals surface area contributed by atoms with Gasteiger partial charge >= 0.3 is 0 Å². The van der Waals surface area contributed by atoms with Crippen molar-refractivity contribution in [2.75, 3.05) is 19.8 Å². The van der Waals surface area contributed by atoms with Gasteiger partial charge in [-0.1, -0.05) is 0 Å². The van der Waals surface area contributed by atoms with E-state index in [-0.39, 0.29) is 6.61 Å². The summed E-state index contributed by atoms with van der Waals surface area (Å²) in [6, 6.07) is 0. The topological polar surface area (TPSA) is 47.3 Å². The molecular weight excluding hydrogens is 216 g/mol. The Bertz CT molecular complexity index is 383. The molecular formula is C13H20N2O2. The van der Waals surface area contributed by atoms with Crippen LogP contribution in [0.5, 0.6) is 0 Å². The number of imidazole rings is 1. The quantitative estimate of drug-likeness (QED) is 0.861. The molecule has 3 rings (SSSR count). The van der Waals surface area contributed by atoms with E-state index >= 15 is 0 Å². The van der Waals surface area contributed by atoms with Gasteiger partial charge in [0.15, 0.2) is 0 Å². The summed E-state index contributed by atoms with van der Waals surface area (Å²) in [4.78, 5) is 4.56. The molecule has 2 aliphatic heterocycles. The molecule has 4 heteroatoms. The Morgan fingerprint density at radius 1 is 1.47 bits per heavy atom. The highest BCUT2D eigenvalue weighted by Gasteiger charge is 2.25. The van der Waals surface area contributed by atoms with E-state index in [1.807, 2.05) is 6.20 Å². The maximum Gasteiger partial charge on any atom is 0.109 e. The SMILES string of the molecule is OCC1CCCn2c1cnc2CC1CCOC1. The fourth-order valence-corrected chi connectivity index (χ4v) is 3.01. The van der Waals surface area contributed by atoms with E-state index in [0.29, 0.717) is 11.8 Å². The highest BCUT2D eigenvalue weighted by molar-refractivity contribution is 5.14. The molecule has 0 aliphatic carbocycles. The second-order valence-electron chi connectivity index (χ2n) is 5.21. The van der Waals surface area contributed by atoms with Gasteiger partial charge in [0.25, 0.3) is 0 Å². The third kappa shape index (κ3) is 2.11. The van der Waals surface area contributed by atoms with Crippen molar-refractivity contribution >= 4 is 0 Å². The third-order valence-corrected chi connectivity index (χ3v) is 4.04. The van der Waals surface area contributed by atoms with E-state index in [4.69, 9.17) is 4.74 Å². The Kier molecular flexibility index (Phi) is 3.16. The summed E-state index contributed by atoms with van der Waals surface area (Å²) < 4.78 is 7.74. The van der Waals surface area contributed by atoms with Crippen LogP contribution in [-0.2, 0) is 17.7 Å². The van der Waals surface area contributed by atoms with Crippen LogP contribution in [0.2, 0.25) is 0 Å². The van der Waals surface area contributed by atoms with Crippen molar-refractivity contribution in [2.24, 2.45) is 5.92 Å². The predicted molar refractivity (Wildman–Crippen MR) is 63.9 cm³/mol. The van der Waals surface area contributed by atoms with E-state index in [0.717, 1.165) is 45.4 Å². The normalized spacial score (nSPS) is 28.3. The van der Waals surface area contributed by atoms with Crippen molar-refractivity contribution in [2.45, 2.75) is 38.1 Å². The van der Waals surface area contributed by atoms with Gasteiger partial charge in [-0.2, -0.15) is 0 Å². The summed E-state index contributed by atoms with van der Waals surface area (Å²) in [5.41, 5.74) is 1.23. The lowest BCUT2D eigenvalue weighted by Crippen LogP contribution is -2.20. The summed E-state index contributed by atoms with van der Waals surface area (Å²) >= 11 is 0. The Morgan fingerprint density at radius 2 is 2.41 bits per heavy atom. The van der Waals surface area contributed by atoms with Crippen molar-refractivity contribution in [3.63, 3.8) is 0 Å². The molecule has 2 unspecified atom stereocenters. The lowest BCUT2D eigenvalue weighted by atomic mass is 9.97. The molecule has 94 valence electrons. The van der Waals surface area contributed by atoms with Gasteiger partial charge < -0.3 is 14.4 Å². The summed E-state index contributed by atoms with van der Waals surface area (Å²) in [6.45, 7) is 3.09. The van der Waals surface area contributed by atoms with Gasteiger partial charge in [-0.3, -0.25) is 0 Å². The average Bonchev–Trinajstić information content (AvgIpc) is 2.99. The second kappa shape index (κ2) is 4.78. The number of fused-ring (bicyclic) bond motifs is 1. The van der Waals surface area contributed by atoms with Crippen molar-refractivity contribution in [1.29, 1.82) is 0 Å². The minimum atomic E-state index is 0.248. The molecule has 0 radical (unpaired) electrons. The van der Waals surface area contributed by atoms with Crippen LogP contribution in [0.25, 0.3) is 0 Å². The molecule has 3 heterocycles. The summed E-state index contributed by atoms with van der Waals surface area (Å²) in [5.74, 6) is 2.12. The molecule has 0 bridgehead atoms. The van der Waals surface area contributed by atoms with Gasteiger partial charge in [-0.15, -0.1) is 0 Å². The van der Waals surface area contributed by atoms with E-state index in [9.17, 15) is 5.11 Å². The van der Waals surface area contributed by atoms with Crippen LogP contribution >= 0.6 is 0 Å². The molecule has 2 atom stereocenters. The summed E-state index contributed by atoms with van der Waals surface area (Å²) in [7, 11) is 0. The first kappa shape index (κ1) is 11.2. The van der Waals surface area contributed by atoms with Crippen molar-refractivity contribution in [1.82, 2.24) is 9.55 Å². The number of aliphatic hydroxyl groups excluding tert-OH is 1. The maximum absolute atomic E-state index is 9.37. The van der Waals surface area contributed by atoms with E-state index < -0.39 is 0 Å². The average molecular weight is 236 g/mol. The van der Waals surface area contributed by atoms with Gasteiger partial charge in [0, 0.05) is 44.0 Å². The molecule has 1 saturated heterocycles. The Hall–Kier alpha value is -0.870. The van der Waals surface area contributed by atoms with Gasteiger partial charge in [0.05, 0.1) is 6.61 Å². The lowest BCUT2D eigenvalue weighted by molar-refractivity contribution is 0.185. The Balaban J connectivity index is 1.79. The van der Waals surface area contributed by atoms with Crippen molar-refractivity contribution in [3.05, 3.63) is 17.7 Å². The van der Waals surface area contributed by atoms with Crippen LogP contribution in [0.1, 0.15) is 36.7 Å². The number of aromatic nitrogens is 2. The van der Waals surface area contributed by atoms with Crippen LogP contribution in [-0.4, -0.2) is 34.5 Å². The number of nitrogens with zero attached hydrogens (tertiary/aromatic N) is 2. The number of ether oxygens (including phenoxy) is 1. The second-order valence-corrected chi connectivity index (χ2v) is 5.21. The molecule has 4 nitrogen and oxygen atoms in total. The highest BCUT2D eigenvalue weighted by atomic mass is 16.5. The molecule has 2 aliphatic rings. The molecule has 1 aromatic heterocycles. The molecule has 0 spiro atoms. The molecule has 1 aromatic rings. The zero-order chi connectivity index (χ0) is 11.7. The Labute approximate surface area is 102 Å². The molecule has 1 N–H and O–H groups in total. The Morgan fingerprint density at radius 3 is 3.18 bits per heavy atom. The summed E-state index contributed by atoms with van der Waals surface area (Å²) in [5, 5.41) is 9.37. The highest BCUT2D eigenvalue weighted by Crippen LogP contribution is 2.29. The zero-order valence-electron chi connectivity index (χ0n) is 10.1. The lowest BCUT2D eigenvalue weighted by Gasteiger charge is -2.24. The van der Waals surface area contributed by atoms with Gasteiger partial charge in [0.2, 0.25) is 0 Å². The maximum atomic E-state index is 9.37. The van der Waals surface area contributed by atoms with Gasteiger partial charge in [0.1, 0.15) is 5.82 Å².